The minimum Gasteiger partial charge on any atom is -0.295 e. The van der Waals surface area contributed by atoms with Gasteiger partial charge < -0.3 is 0 Å². The Morgan fingerprint density at radius 1 is 1.57 bits per heavy atom. The molecule has 2 N–H and O–H groups in total. The number of amides is 1. The van der Waals surface area contributed by atoms with Crippen molar-refractivity contribution < 1.29 is 4.79 Å². The molecular formula is C9H12N4O. The maximum atomic E-state index is 11.6. The van der Waals surface area contributed by atoms with E-state index in [1.807, 2.05) is 6.08 Å². The normalized spacial score (nSPS) is 20.7. The molecule has 0 fully saturated rings. The monoisotopic (exact) mass is 192 g/mol. The predicted octanol–water partition coefficient (Wildman–Crippen LogP) is 1.10. The molecule has 2 rings (SSSR count). The fourth-order valence-electron chi connectivity index (χ4n) is 1.52. The molecule has 0 radical (unpaired) electrons. The number of carbonyl (C=O) groups is 1. The van der Waals surface area contributed by atoms with E-state index < -0.39 is 0 Å². The van der Waals surface area contributed by atoms with Gasteiger partial charge in [0.05, 0.1) is 0 Å². The molecule has 74 valence electrons. The van der Waals surface area contributed by atoms with E-state index in [1.54, 1.807) is 0 Å². The van der Waals surface area contributed by atoms with E-state index in [1.165, 1.54) is 6.33 Å². The van der Waals surface area contributed by atoms with Gasteiger partial charge in [0.15, 0.2) is 0 Å². The van der Waals surface area contributed by atoms with Gasteiger partial charge in [0, 0.05) is 5.92 Å². The molecule has 0 saturated heterocycles. The van der Waals surface area contributed by atoms with Gasteiger partial charge >= 0.3 is 0 Å². The van der Waals surface area contributed by atoms with E-state index >= 15 is 0 Å². The summed E-state index contributed by atoms with van der Waals surface area (Å²) >= 11 is 0. The summed E-state index contributed by atoms with van der Waals surface area (Å²) in [5.41, 5.74) is 0. The van der Waals surface area contributed by atoms with Crippen molar-refractivity contribution in [2.45, 2.75) is 19.3 Å². The van der Waals surface area contributed by atoms with E-state index in [2.05, 4.69) is 26.6 Å². The molecule has 1 unspecified atom stereocenters. The minimum atomic E-state index is 0.0195. The molecule has 1 aliphatic rings. The quantitative estimate of drug-likeness (QED) is 0.689. The highest BCUT2D eigenvalue weighted by molar-refractivity contribution is 5.91. The van der Waals surface area contributed by atoms with Crippen LogP contribution in [0.1, 0.15) is 19.3 Å². The van der Waals surface area contributed by atoms with Crippen LogP contribution >= 0.6 is 0 Å². The van der Waals surface area contributed by atoms with E-state index in [4.69, 9.17) is 0 Å². The fraction of sp³-hybridized carbons (Fsp3) is 0.444. The highest BCUT2D eigenvalue weighted by Gasteiger charge is 2.19. The van der Waals surface area contributed by atoms with Gasteiger partial charge in [0.1, 0.15) is 6.33 Å². The zero-order valence-corrected chi connectivity index (χ0v) is 7.73. The molecule has 0 aromatic carbocycles. The first-order valence-electron chi connectivity index (χ1n) is 4.67. The van der Waals surface area contributed by atoms with Crippen LogP contribution in [-0.4, -0.2) is 21.1 Å². The second-order valence-corrected chi connectivity index (χ2v) is 3.30. The maximum absolute atomic E-state index is 11.6. The van der Waals surface area contributed by atoms with Crippen LogP contribution in [-0.2, 0) is 4.79 Å². The van der Waals surface area contributed by atoms with Gasteiger partial charge in [0.25, 0.3) is 0 Å². The lowest BCUT2D eigenvalue weighted by Gasteiger charge is -2.15. The number of H-pyrrole nitrogens is 1. The van der Waals surface area contributed by atoms with E-state index in [0.717, 1.165) is 19.3 Å². The number of carbonyl (C=O) groups excluding carboxylic acids is 1. The van der Waals surface area contributed by atoms with E-state index in [9.17, 15) is 4.79 Å². The number of aromatic nitrogens is 3. The number of anilines is 1. The third-order valence-corrected chi connectivity index (χ3v) is 2.30. The molecule has 1 aliphatic carbocycles. The zero-order chi connectivity index (χ0) is 9.80. The molecule has 0 bridgehead atoms. The summed E-state index contributed by atoms with van der Waals surface area (Å²) in [6.45, 7) is 0. The number of nitrogens with one attached hydrogen (secondary N) is 2. The third-order valence-electron chi connectivity index (χ3n) is 2.30. The van der Waals surface area contributed by atoms with Crippen LogP contribution in [0.25, 0.3) is 0 Å². The number of hydrogen-bond donors (Lipinski definition) is 2. The van der Waals surface area contributed by atoms with Crippen LogP contribution in [0, 0.1) is 5.92 Å². The zero-order valence-electron chi connectivity index (χ0n) is 7.73. The van der Waals surface area contributed by atoms with E-state index in [-0.39, 0.29) is 11.8 Å². The SMILES string of the molecule is O=C(Nc1ncn[nH]1)C1CC=CCC1. The lowest BCUT2D eigenvalue weighted by Crippen LogP contribution is -2.24. The van der Waals surface area contributed by atoms with Gasteiger partial charge in [-0.25, -0.2) is 5.10 Å². The average Bonchev–Trinajstić information content (AvgIpc) is 2.72. The van der Waals surface area contributed by atoms with Crippen LogP contribution in [0.15, 0.2) is 18.5 Å². The van der Waals surface area contributed by atoms with Gasteiger partial charge in [-0.15, -0.1) is 0 Å². The Morgan fingerprint density at radius 3 is 3.14 bits per heavy atom. The Balaban J connectivity index is 1.92. The molecule has 1 aromatic rings. The summed E-state index contributed by atoms with van der Waals surface area (Å²) in [7, 11) is 0. The molecule has 0 spiro atoms. The number of allylic oxidation sites excluding steroid dienone is 2. The van der Waals surface area contributed by atoms with Crippen LogP contribution in [0.5, 0.6) is 0 Å². The summed E-state index contributed by atoms with van der Waals surface area (Å²) < 4.78 is 0. The van der Waals surface area contributed by atoms with Crippen LogP contribution < -0.4 is 5.32 Å². The second-order valence-electron chi connectivity index (χ2n) is 3.30. The first kappa shape index (κ1) is 8.93. The van der Waals surface area contributed by atoms with Gasteiger partial charge in [-0.1, -0.05) is 12.2 Å². The maximum Gasteiger partial charge on any atom is 0.230 e. The first-order valence-corrected chi connectivity index (χ1v) is 4.67. The molecule has 1 aromatic heterocycles. The molecule has 5 heteroatoms. The van der Waals surface area contributed by atoms with Crippen LogP contribution in [0.3, 0.4) is 0 Å². The Labute approximate surface area is 81.6 Å². The Morgan fingerprint density at radius 2 is 2.50 bits per heavy atom. The Kier molecular flexibility index (Phi) is 2.58. The molecule has 14 heavy (non-hydrogen) atoms. The largest absolute Gasteiger partial charge is 0.295 e. The molecule has 0 aliphatic heterocycles. The molecule has 1 amide bonds. The average molecular weight is 192 g/mol. The van der Waals surface area contributed by atoms with Gasteiger partial charge in [0.2, 0.25) is 11.9 Å². The summed E-state index contributed by atoms with van der Waals surface area (Å²) in [4.78, 5) is 15.5. The van der Waals surface area contributed by atoms with Crippen molar-refractivity contribution in [2.24, 2.45) is 5.92 Å². The van der Waals surface area contributed by atoms with Crippen molar-refractivity contribution >= 4 is 11.9 Å². The predicted molar refractivity (Wildman–Crippen MR) is 51.5 cm³/mol. The molecule has 0 saturated carbocycles. The number of rotatable bonds is 2. The third kappa shape index (κ3) is 1.99. The topological polar surface area (TPSA) is 70.7 Å². The lowest BCUT2D eigenvalue weighted by atomic mass is 9.94. The first-order chi connectivity index (χ1) is 6.86. The Hall–Kier alpha value is -1.65. The standard InChI is InChI=1S/C9H12N4O/c14-8(7-4-2-1-3-5-7)12-9-10-6-11-13-9/h1-2,6-7H,3-5H2,(H2,10,11,12,13,14). The smallest absolute Gasteiger partial charge is 0.230 e. The lowest BCUT2D eigenvalue weighted by molar-refractivity contribution is -0.120. The number of nitrogens with zero attached hydrogens (tertiary/aromatic N) is 2. The summed E-state index contributed by atoms with van der Waals surface area (Å²) in [6, 6.07) is 0. The highest BCUT2D eigenvalue weighted by Crippen LogP contribution is 2.19. The molecule has 1 heterocycles. The van der Waals surface area contributed by atoms with Crippen molar-refractivity contribution in [1.82, 2.24) is 15.2 Å². The number of hydrogen-bond acceptors (Lipinski definition) is 3. The number of aromatic amines is 1. The summed E-state index contributed by atoms with van der Waals surface area (Å²) in [5, 5.41) is 8.94. The van der Waals surface area contributed by atoms with Crippen molar-refractivity contribution in [3.8, 4) is 0 Å². The fourth-order valence-corrected chi connectivity index (χ4v) is 1.52. The van der Waals surface area contributed by atoms with E-state index in [0.29, 0.717) is 5.95 Å². The minimum absolute atomic E-state index is 0.0195. The van der Waals surface area contributed by atoms with Crippen molar-refractivity contribution in [1.29, 1.82) is 0 Å². The van der Waals surface area contributed by atoms with Crippen LogP contribution in [0.4, 0.5) is 5.95 Å². The Bertz CT molecular complexity index is 331. The highest BCUT2D eigenvalue weighted by atomic mass is 16.2. The van der Waals surface area contributed by atoms with Gasteiger partial charge in [-0.2, -0.15) is 10.1 Å². The second kappa shape index (κ2) is 4.04. The van der Waals surface area contributed by atoms with Crippen molar-refractivity contribution in [3.05, 3.63) is 18.5 Å². The molecular weight excluding hydrogens is 180 g/mol. The summed E-state index contributed by atoms with van der Waals surface area (Å²) in [6.07, 6.45) is 8.24. The van der Waals surface area contributed by atoms with Gasteiger partial charge in [-0.3, -0.25) is 10.1 Å². The van der Waals surface area contributed by atoms with Crippen molar-refractivity contribution in [2.75, 3.05) is 5.32 Å². The van der Waals surface area contributed by atoms with Crippen LogP contribution in [0.2, 0.25) is 0 Å². The molecule has 1 atom stereocenters. The molecule has 5 nitrogen and oxygen atoms in total. The van der Waals surface area contributed by atoms with Gasteiger partial charge in [-0.05, 0) is 19.3 Å². The van der Waals surface area contributed by atoms with Crippen molar-refractivity contribution in [3.63, 3.8) is 0 Å². The summed E-state index contributed by atoms with van der Waals surface area (Å²) in [5.74, 6) is 0.515.